The Kier molecular flexibility index (Phi) is 7.27. The fourth-order valence-corrected chi connectivity index (χ4v) is 3.14. The average molecular weight is 348 g/mol. The molecule has 0 amide bonds. The van der Waals surface area contributed by atoms with Crippen LogP contribution in [0, 0.1) is 0 Å². The summed E-state index contributed by atoms with van der Waals surface area (Å²) in [5.74, 6) is -0.244. The first-order valence-electron chi connectivity index (χ1n) is 6.10. The lowest BCUT2D eigenvalue weighted by Crippen LogP contribution is -2.25. The second kappa shape index (κ2) is 8.45. The minimum Gasteiger partial charge on any atom is -0.466 e. The molecule has 6 heteroatoms. The van der Waals surface area contributed by atoms with Crippen molar-refractivity contribution >= 4 is 39.0 Å². The number of ether oxygens (including phenoxy) is 1. The summed E-state index contributed by atoms with van der Waals surface area (Å²) >= 11 is 5.06. The van der Waals surface area contributed by atoms with Gasteiger partial charge in [-0.15, -0.1) is 11.3 Å². The van der Waals surface area contributed by atoms with Gasteiger partial charge in [0.15, 0.2) is 0 Å². The fraction of sp³-hybridized carbons (Fsp3) is 0.538. The number of ketones is 1. The minimum absolute atomic E-state index is 0.0613. The lowest BCUT2D eigenvalue weighted by atomic mass is 10.2. The summed E-state index contributed by atoms with van der Waals surface area (Å²) in [6, 6.07) is 2.05. The predicted octanol–water partition coefficient (Wildman–Crippen LogP) is 2.85. The Morgan fingerprint density at radius 1 is 1.42 bits per heavy atom. The highest BCUT2D eigenvalue weighted by Gasteiger charge is 2.11. The maximum Gasteiger partial charge on any atom is 0.306 e. The summed E-state index contributed by atoms with van der Waals surface area (Å²) in [5.41, 5.74) is 0. The number of nitrogens with zero attached hydrogens (tertiary/aromatic N) is 1. The number of carbonyl (C=O) groups is 2. The van der Waals surface area contributed by atoms with Crippen LogP contribution in [0.5, 0.6) is 0 Å². The molecule has 0 N–H and O–H groups in total. The molecule has 0 spiro atoms. The number of hydrogen-bond acceptors (Lipinski definition) is 5. The first kappa shape index (κ1) is 16.3. The molecule has 0 aliphatic heterocycles. The number of rotatable bonds is 8. The minimum atomic E-state index is -0.305. The molecule has 4 nitrogen and oxygen atoms in total. The summed E-state index contributed by atoms with van der Waals surface area (Å²) < 4.78 is 5.85. The summed E-state index contributed by atoms with van der Waals surface area (Å²) in [6.45, 7) is 3.21. The molecule has 0 radical (unpaired) electrons. The van der Waals surface area contributed by atoms with Gasteiger partial charge in [0.25, 0.3) is 0 Å². The van der Waals surface area contributed by atoms with Crippen molar-refractivity contribution in [2.45, 2.75) is 26.3 Å². The molecule has 0 aliphatic rings. The lowest BCUT2D eigenvalue weighted by molar-refractivity contribution is -0.144. The van der Waals surface area contributed by atoms with E-state index < -0.39 is 0 Å². The van der Waals surface area contributed by atoms with E-state index in [-0.39, 0.29) is 24.6 Å². The normalized spacial score (nSPS) is 10.7. The van der Waals surface area contributed by atoms with Crippen LogP contribution in [0.25, 0.3) is 0 Å². The summed E-state index contributed by atoms with van der Waals surface area (Å²) in [4.78, 5) is 26.0. The van der Waals surface area contributed by atoms with Crippen molar-refractivity contribution in [2.75, 3.05) is 20.2 Å². The maximum atomic E-state index is 11.7. The summed E-state index contributed by atoms with van der Waals surface area (Å²) in [6.07, 6.45) is 0.419. The monoisotopic (exact) mass is 347 g/mol. The average Bonchev–Trinajstić information content (AvgIpc) is 2.72. The van der Waals surface area contributed by atoms with Gasteiger partial charge < -0.3 is 4.74 Å². The Morgan fingerprint density at radius 2 is 2.16 bits per heavy atom. The van der Waals surface area contributed by atoms with Crippen molar-refractivity contribution in [1.29, 1.82) is 0 Å². The maximum absolute atomic E-state index is 11.7. The molecule has 0 unspecified atom stereocenters. The van der Waals surface area contributed by atoms with E-state index in [0.717, 1.165) is 11.0 Å². The number of thiophene rings is 1. The molecule has 1 aromatic heterocycles. The first-order chi connectivity index (χ1) is 9.01. The van der Waals surface area contributed by atoms with Crippen LogP contribution < -0.4 is 0 Å². The highest BCUT2D eigenvalue weighted by Crippen LogP contribution is 2.20. The molecule has 106 valence electrons. The highest BCUT2D eigenvalue weighted by atomic mass is 79.9. The van der Waals surface area contributed by atoms with E-state index >= 15 is 0 Å². The van der Waals surface area contributed by atoms with Crippen molar-refractivity contribution in [2.24, 2.45) is 0 Å². The van der Waals surface area contributed by atoms with Crippen molar-refractivity contribution in [3.63, 3.8) is 0 Å². The highest BCUT2D eigenvalue weighted by molar-refractivity contribution is 9.10. The molecular formula is C13H18BrNO3S. The van der Waals surface area contributed by atoms with Crippen LogP contribution >= 0.6 is 27.3 Å². The van der Waals surface area contributed by atoms with Crippen molar-refractivity contribution in [1.82, 2.24) is 4.90 Å². The van der Waals surface area contributed by atoms with Gasteiger partial charge in [0.05, 0.1) is 19.6 Å². The van der Waals surface area contributed by atoms with Crippen LogP contribution in [0.15, 0.2) is 15.9 Å². The standard InChI is InChI=1S/C13H18BrNO3S/c1-3-18-13(17)5-4-11(16)7-15(2)8-12-6-10(14)9-19-12/h6,9H,3-5,7-8H2,1-2H3. The predicted molar refractivity (Wildman–Crippen MR) is 79.2 cm³/mol. The van der Waals surface area contributed by atoms with E-state index in [1.54, 1.807) is 18.3 Å². The van der Waals surface area contributed by atoms with Gasteiger partial charge in [-0.05, 0) is 36.0 Å². The second-order valence-electron chi connectivity index (χ2n) is 4.25. The van der Waals surface area contributed by atoms with Gasteiger partial charge in [0, 0.05) is 27.7 Å². The van der Waals surface area contributed by atoms with Crippen molar-refractivity contribution in [3.8, 4) is 0 Å². The van der Waals surface area contributed by atoms with Crippen LogP contribution in [-0.2, 0) is 20.9 Å². The third kappa shape index (κ3) is 6.84. The topological polar surface area (TPSA) is 46.6 Å². The molecule has 0 fully saturated rings. The smallest absolute Gasteiger partial charge is 0.306 e. The Morgan fingerprint density at radius 3 is 2.74 bits per heavy atom. The number of hydrogen-bond donors (Lipinski definition) is 0. The molecule has 1 rings (SSSR count). The van der Waals surface area contributed by atoms with Gasteiger partial charge >= 0.3 is 5.97 Å². The molecule has 1 aromatic rings. The molecule has 19 heavy (non-hydrogen) atoms. The van der Waals surface area contributed by atoms with Crippen LogP contribution in [-0.4, -0.2) is 36.9 Å². The van der Waals surface area contributed by atoms with Crippen LogP contribution in [0.1, 0.15) is 24.6 Å². The molecule has 0 aliphatic carbocycles. The summed E-state index contributed by atoms with van der Waals surface area (Å²) in [7, 11) is 1.90. The van der Waals surface area contributed by atoms with Crippen molar-refractivity contribution < 1.29 is 14.3 Å². The quantitative estimate of drug-likeness (QED) is 0.678. The Bertz CT molecular complexity index is 433. The van der Waals surface area contributed by atoms with E-state index in [4.69, 9.17) is 4.74 Å². The van der Waals surface area contributed by atoms with Gasteiger partial charge in [-0.2, -0.15) is 0 Å². The SMILES string of the molecule is CCOC(=O)CCC(=O)CN(C)Cc1cc(Br)cs1. The third-order valence-electron chi connectivity index (χ3n) is 2.41. The molecule has 0 saturated carbocycles. The van der Waals surface area contributed by atoms with Gasteiger partial charge in [0.2, 0.25) is 0 Å². The van der Waals surface area contributed by atoms with Crippen LogP contribution in [0.4, 0.5) is 0 Å². The van der Waals surface area contributed by atoms with Crippen LogP contribution in [0.2, 0.25) is 0 Å². The zero-order valence-corrected chi connectivity index (χ0v) is 13.6. The van der Waals surface area contributed by atoms with Crippen molar-refractivity contribution in [3.05, 3.63) is 20.8 Å². The number of carbonyl (C=O) groups excluding carboxylic acids is 2. The Balaban J connectivity index is 2.26. The van der Waals surface area contributed by atoms with E-state index in [9.17, 15) is 9.59 Å². The summed E-state index contributed by atoms with van der Waals surface area (Å²) in [5, 5.41) is 2.02. The molecule has 0 saturated heterocycles. The number of Topliss-reactive ketones (excluding diaryl/α,β-unsaturated/α-hetero) is 1. The van der Waals surface area contributed by atoms with E-state index in [1.807, 2.05) is 23.4 Å². The number of likely N-dealkylation sites (N-methyl/N-ethyl adjacent to an activating group) is 1. The fourth-order valence-electron chi connectivity index (χ4n) is 1.61. The van der Waals surface area contributed by atoms with Gasteiger partial charge in [-0.3, -0.25) is 14.5 Å². The first-order valence-corrected chi connectivity index (χ1v) is 7.77. The zero-order valence-electron chi connectivity index (χ0n) is 11.1. The molecule has 1 heterocycles. The second-order valence-corrected chi connectivity index (χ2v) is 6.16. The van der Waals surface area contributed by atoms with Gasteiger partial charge in [-0.1, -0.05) is 0 Å². The van der Waals surface area contributed by atoms with E-state index in [2.05, 4.69) is 15.9 Å². The molecule has 0 bridgehead atoms. The van der Waals surface area contributed by atoms with E-state index in [1.165, 1.54) is 4.88 Å². The zero-order chi connectivity index (χ0) is 14.3. The van der Waals surface area contributed by atoms with Gasteiger partial charge in [-0.25, -0.2) is 0 Å². The Labute approximate surface area is 125 Å². The molecule has 0 atom stereocenters. The van der Waals surface area contributed by atoms with Crippen LogP contribution in [0.3, 0.4) is 0 Å². The lowest BCUT2D eigenvalue weighted by Gasteiger charge is -2.14. The number of esters is 1. The Hall–Kier alpha value is -0.720. The largest absolute Gasteiger partial charge is 0.466 e. The number of halogens is 1. The molecular weight excluding hydrogens is 330 g/mol. The van der Waals surface area contributed by atoms with Gasteiger partial charge in [0.1, 0.15) is 5.78 Å². The third-order valence-corrected chi connectivity index (χ3v) is 4.09. The molecule has 0 aromatic carbocycles. The van der Waals surface area contributed by atoms with E-state index in [0.29, 0.717) is 13.2 Å².